The molecule has 0 aromatic carbocycles. The van der Waals surface area contributed by atoms with E-state index in [4.69, 9.17) is 11.6 Å². The van der Waals surface area contributed by atoms with Gasteiger partial charge in [0.1, 0.15) is 0 Å². The van der Waals surface area contributed by atoms with Crippen LogP contribution in [0.3, 0.4) is 0 Å². The van der Waals surface area contributed by atoms with Crippen molar-refractivity contribution in [3.8, 4) is 0 Å². The Balaban J connectivity index is 3.27. The molecule has 0 saturated heterocycles. The van der Waals surface area contributed by atoms with Gasteiger partial charge in [0, 0.05) is 0 Å². The Bertz CT molecular complexity index is 371. The van der Waals surface area contributed by atoms with Crippen molar-refractivity contribution in [1.82, 2.24) is 9.97 Å². The van der Waals surface area contributed by atoms with Crippen LogP contribution in [0.15, 0.2) is 5.16 Å². The van der Waals surface area contributed by atoms with E-state index in [2.05, 4.69) is 14.7 Å². The Morgan fingerprint density at radius 1 is 1.50 bits per heavy atom. The molecule has 14 heavy (non-hydrogen) atoms. The molecule has 0 unspecified atom stereocenters. The minimum Gasteiger partial charge on any atom is -0.464 e. The van der Waals surface area contributed by atoms with Gasteiger partial charge in [0.15, 0.2) is 10.9 Å². The van der Waals surface area contributed by atoms with Crippen molar-refractivity contribution in [1.29, 1.82) is 0 Å². The maximum absolute atomic E-state index is 11.2. The van der Waals surface area contributed by atoms with Gasteiger partial charge in [-0.3, -0.25) is 0 Å². The molecule has 0 aliphatic rings. The van der Waals surface area contributed by atoms with Gasteiger partial charge in [-0.2, -0.15) is 0 Å². The lowest BCUT2D eigenvalue weighted by atomic mass is 10.3. The van der Waals surface area contributed by atoms with Gasteiger partial charge in [-0.05, 0) is 13.2 Å². The number of esters is 1. The maximum Gasteiger partial charge on any atom is 0.358 e. The molecular weight excluding hydrogens is 224 g/mol. The molecule has 0 saturated carbocycles. The number of halogens is 1. The maximum atomic E-state index is 11.2. The monoisotopic (exact) mass is 232 g/mol. The number of methoxy groups -OCH3 is 1. The van der Waals surface area contributed by atoms with E-state index in [1.165, 1.54) is 18.9 Å². The van der Waals surface area contributed by atoms with Crippen molar-refractivity contribution in [2.45, 2.75) is 12.1 Å². The number of thioether (sulfide) groups is 1. The van der Waals surface area contributed by atoms with E-state index in [1.807, 2.05) is 6.26 Å². The zero-order valence-electron chi connectivity index (χ0n) is 8.00. The van der Waals surface area contributed by atoms with E-state index >= 15 is 0 Å². The first kappa shape index (κ1) is 11.3. The van der Waals surface area contributed by atoms with Crippen molar-refractivity contribution < 1.29 is 9.53 Å². The molecular formula is C8H9ClN2O2S. The van der Waals surface area contributed by atoms with Gasteiger partial charge in [-0.25, -0.2) is 14.8 Å². The standard InChI is InChI=1S/C8H9ClN2O2S/c1-4-5(9)6(7(12)13-2)11-8(10-4)14-3/h1-3H3. The van der Waals surface area contributed by atoms with Crippen LogP contribution in [0.2, 0.25) is 5.02 Å². The third kappa shape index (κ3) is 2.16. The molecule has 0 aliphatic heterocycles. The number of ether oxygens (including phenoxy) is 1. The number of carbonyl (C=O) groups is 1. The zero-order chi connectivity index (χ0) is 10.7. The number of nitrogens with zero attached hydrogens (tertiary/aromatic N) is 2. The quantitative estimate of drug-likeness (QED) is 0.443. The van der Waals surface area contributed by atoms with Gasteiger partial charge in [0.25, 0.3) is 0 Å². The molecule has 0 radical (unpaired) electrons. The molecule has 0 aliphatic carbocycles. The van der Waals surface area contributed by atoms with Gasteiger partial charge in [0.05, 0.1) is 17.8 Å². The van der Waals surface area contributed by atoms with E-state index in [-0.39, 0.29) is 10.7 Å². The van der Waals surface area contributed by atoms with Crippen molar-refractivity contribution in [3.63, 3.8) is 0 Å². The van der Waals surface area contributed by atoms with Crippen molar-refractivity contribution in [3.05, 3.63) is 16.4 Å². The Kier molecular flexibility index (Phi) is 3.71. The van der Waals surface area contributed by atoms with E-state index in [9.17, 15) is 4.79 Å². The highest BCUT2D eigenvalue weighted by Crippen LogP contribution is 2.21. The lowest BCUT2D eigenvalue weighted by Crippen LogP contribution is -2.08. The smallest absolute Gasteiger partial charge is 0.358 e. The summed E-state index contributed by atoms with van der Waals surface area (Å²) in [5, 5.41) is 0.752. The third-order valence-corrected chi connectivity index (χ3v) is 2.56. The first-order valence-electron chi connectivity index (χ1n) is 3.76. The molecule has 76 valence electrons. The van der Waals surface area contributed by atoms with Gasteiger partial charge < -0.3 is 4.74 Å². The molecule has 1 aromatic rings. The Morgan fingerprint density at radius 2 is 2.14 bits per heavy atom. The van der Waals surface area contributed by atoms with Crippen LogP contribution >= 0.6 is 23.4 Å². The minimum atomic E-state index is -0.546. The minimum absolute atomic E-state index is 0.117. The molecule has 0 spiro atoms. The summed E-state index contributed by atoms with van der Waals surface area (Å²) in [7, 11) is 1.29. The average Bonchev–Trinajstić information content (AvgIpc) is 2.20. The normalized spacial score (nSPS) is 10.0. The summed E-state index contributed by atoms with van der Waals surface area (Å²) in [6, 6.07) is 0. The summed E-state index contributed by atoms with van der Waals surface area (Å²) in [4.78, 5) is 19.3. The fourth-order valence-corrected chi connectivity index (χ4v) is 1.43. The summed E-state index contributed by atoms with van der Waals surface area (Å²) < 4.78 is 4.55. The van der Waals surface area contributed by atoms with Crippen LogP contribution in [0.25, 0.3) is 0 Å². The Hall–Kier alpha value is -0.810. The fourth-order valence-electron chi connectivity index (χ4n) is 0.857. The molecule has 1 heterocycles. The van der Waals surface area contributed by atoms with E-state index in [0.29, 0.717) is 10.9 Å². The van der Waals surface area contributed by atoms with E-state index in [1.54, 1.807) is 6.92 Å². The van der Waals surface area contributed by atoms with Crippen LogP contribution in [0.1, 0.15) is 16.2 Å². The van der Waals surface area contributed by atoms with Gasteiger partial charge in [0.2, 0.25) is 0 Å². The van der Waals surface area contributed by atoms with Crippen LogP contribution in [0.4, 0.5) is 0 Å². The zero-order valence-corrected chi connectivity index (χ0v) is 9.57. The molecule has 6 heteroatoms. The molecule has 0 amide bonds. The first-order chi connectivity index (χ1) is 6.60. The number of hydrogen-bond donors (Lipinski definition) is 0. The molecule has 0 atom stereocenters. The van der Waals surface area contributed by atoms with Crippen molar-refractivity contribution >= 4 is 29.3 Å². The SMILES string of the molecule is COC(=O)c1nc(SC)nc(C)c1Cl. The number of carbonyl (C=O) groups excluding carboxylic acids is 1. The Labute approximate surface area is 91.0 Å². The van der Waals surface area contributed by atoms with Crippen molar-refractivity contribution in [2.75, 3.05) is 13.4 Å². The summed E-state index contributed by atoms with van der Waals surface area (Å²) in [6.45, 7) is 1.72. The fraction of sp³-hybridized carbons (Fsp3) is 0.375. The lowest BCUT2D eigenvalue weighted by Gasteiger charge is -2.05. The van der Waals surface area contributed by atoms with Gasteiger partial charge in [-0.15, -0.1) is 0 Å². The second kappa shape index (κ2) is 4.61. The number of aryl methyl sites for hydroxylation is 1. The van der Waals surface area contributed by atoms with Gasteiger partial charge in [-0.1, -0.05) is 23.4 Å². The van der Waals surface area contributed by atoms with Crippen molar-refractivity contribution in [2.24, 2.45) is 0 Å². The molecule has 1 rings (SSSR count). The molecule has 0 fully saturated rings. The summed E-state index contributed by atoms with van der Waals surface area (Å²) in [5.41, 5.74) is 0.692. The van der Waals surface area contributed by atoms with Crippen LogP contribution in [-0.2, 0) is 4.74 Å². The lowest BCUT2D eigenvalue weighted by molar-refractivity contribution is 0.0593. The van der Waals surface area contributed by atoms with Crippen LogP contribution < -0.4 is 0 Å². The summed E-state index contributed by atoms with van der Waals surface area (Å²) in [6.07, 6.45) is 1.82. The highest BCUT2D eigenvalue weighted by Gasteiger charge is 2.16. The van der Waals surface area contributed by atoms with E-state index in [0.717, 1.165) is 0 Å². The van der Waals surface area contributed by atoms with Crippen LogP contribution in [0, 0.1) is 6.92 Å². The van der Waals surface area contributed by atoms with E-state index < -0.39 is 5.97 Å². The Morgan fingerprint density at radius 3 is 2.64 bits per heavy atom. The second-order valence-corrected chi connectivity index (χ2v) is 3.60. The van der Waals surface area contributed by atoms with Gasteiger partial charge >= 0.3 is 5.97 Å². The predicted molar refractivity (Wildman–Crippen MR) is 54.9 cm³/mol. The number of hydrogen-bond acceptors (Lipinski definition) is 5. The highest BCUT2D eigenvalue weighted by atomic mass is 35.5. The third-order valence-electron chi connectivity index (χ3n) is 1.56. The average molecular weight is 233 g/mol. The van der Waals surface area contributed by atoms with Crippen LogP contribution in [0.5, 0.6) is 0 Å². The number of rotatable bonds is 2. The number of aromatic nitrogens is 2. The van der Waals surface area contributed by atoms with Crippen LogP contribution in [-0.4, -0.2) is 29.3 Å². The second-order valence-electron chi connectivity index (χ2n) is 2.45. The molecule has 1 aromatic heterocycles. The first-order valence-corrected chi connectivity index (χ1v) is 5.36. The predicted octanol–water partition coefficient (Wildman–Crippen LogP) is 1.95. The topological polar surface area (TPSA) is 52.1 Å². The molecule has 0 bridgehead atoms. The summed E-state index contributed by atoms with van der Waals surface area (Å²) in [5.74, 6) is -0.546. The molecule has 0 N–H and O–H groups in total. The highest BCUT2D eigenvalue weighted by molar-refractivity contribution is 7.98. The summed E-state index contributed by atoms with van der Waals surface area (Å²) >= 11 is 7.21. The largest absolute Gasteiger partial charge is 0.464 e. The molecule has 4 nitrogen and oxygen atoms in total.